The van der Waals surface area contributed by atoms with Crippen molar-refractivity contribution in [3.63, 3.8) is 0 Å². The van der Waals surface area contributed by atoms with Crippen molar-refractivity contribution in [3.05, 3.63) is 23.3 Å². The zero-order valence-electron chi connectivity index (χ0n) is 20.3. The summed E-state index contributed by atoms with van der Waals surface area (Å²) in [6.45, 7) is 11.2. The molecule has 4 nitrogen and oxygen atoms in total. The molecule has 0 amide bonds. The van der Waals surface area contributed by atoms with Crippen molar-refractivity contribution >= 4 is 17.5 Å². The van der Waals surface area contributed by atoms with Crippen molar-refractivity contribution in [1.29, 1.82) is 0 Å². The molecule has 0 aromatic carbocycles. The van der Waals surface area contributed by atoms with Gasteiger partial charge in [0.1, 0.15) is 0 Å². The summed E-state index contributed by atoms with van der Waals surface area (Å²) in [4.78, 5) is 38.3. The van der Waals surface area contributed by atoms with Gasteiger partial charge in [-0.1, -0.05) is 38.8 Å². The van der Waals surface area contributed by atoms with Crippen molar-refractivity contribution in [2.75, 3.05) is 0 Å². The van der Waals surface area contributed by atoms with E-state index in [0.717, 1.165) is 38.5 Å². The Morgan fingerprint density at radius 3 is 2.28 bits per heavy atom. The molecule has 0 radical (unpaired) electrons. The highest BCUT2D eigenvalue weighted by molar-refractivity contribution is 5.97. The van der Waals surface area contributed by atoms with Crippen molar-refractivity contribution < 1.29 is 19.5 Å². The number of rotatable bonds is 1. The number of fused-ring (bicyclic) bond motifs is 7. The molecule has 4 heteroatoms. The van der Waals surface area contributed by atoms with Crippen LogP contribution >= 0.6 is 0 Å². The maximum atomic E-state index is 13.9. The molecule has 32 heavy (non-hydrogen) atoms. The Morgan fingerprint density at radius 2 is 1.59 bits per heavy atom. The van der Waals surface area contributed by atoms with Crippen LogP contribution in [0.2, 0.25) is 0 Å². The molecule has 0 heterocycles. The van der Waals surface area contributed by atoms with Crippen LogP contribution in [-0.2, 0) is 14.4 Å². The van der Waals surface area contributed by atoms with Crippen molar-refractivity contribution in [2.45, 2.75) is 92.4 Å². The van der Waals surface area contributed by atoms with Gasteiger partial charge in [-0.05, 0) is 98.0 Å². The SMILES string of the molecule is C[C@]1(C(=O)O)CC[C@]2(C)CC[C@]3(C)C(=CC(=O)[C@@H]4[C@@]5(C)CCC(=O)C=C5CC[C@]43C)[C@H]2C1. The normalized spacial score (nSPS) is 50.3. The Hall–Kier alpha value is -1.71. The zero-order chi connectivity index (χ0) is 23.3. The third-order valence-electron chi connectivity index (χ3n) is 11.5. The summed E-state index contributed by atoms with van der Waals surface area (Å²) >= 11 is 0. The van der Waals surface area contributed by atoms with Gasteiger partial charge in [0.15, 0.2) is 11.6 Å². The van der Waals surface area contributed by atoms with E-state index in [9.17, 15) is 19.5 Å². The monoisotopic (exact) mass is 438 g/mol. The number of aliphatic carboxylic acids is 1. The molecule has 5 aliphatic rings. The first kappa shape index (κ1) is 22.1. The first-order valence-corrected chi connectivity index (χ1v) is 12.5. The summed E-state index contributed by atoms with van der Waals surface area (Å²) in [6, 6.07) is 0. The summed E-state index contributed by atoms with van der Waals surface area (Å²) < 4.78 is 0. The molecule has 0 spiro atoms. The van der Waals surface area contributed by atoms with Gasteiger partial charge in [0.2, 0.25) is 0 Å². The van der Waals surface area contributed by atoms with Gasteiger partial charge in [-0.2, -0.15) is 0 Å². The second-order valence-electron chi connectivity index (χ2n) is 13.0. The number of carboxylic acid groups (broad SMARTS) is 1. The quantitative estimate of drug-likeness (QED) is 0.553. The zero-order valence-corrected chi connectivity index (χ0v) is 20.3. The van der Waals surface area contributed by atoms with Crippen LogP contribution in [-0.4, -0.2) is 22.6 Å². The number of carboxylic acids is 1. The van der Waals surface area contributed by atoms with Crippen molar-refractivity contribution in [3.8, 4) is 0 Å². The van der Waals surface area contributed by atoms with Crippen LogP contribution in [0.4, 0.5) is 0 Å². The Bertz CT molecular complexity index is 989. The number of hydrogen-bond donors (Lipinski definition) is 1. The van der Waals surface area contributed by atoms with Gasteiger partial charge in [0.25, 0.3) is 0 Å². The van der Waals surface area contributed by atoms with Gasteiger partial charge >= 0.3 is 5.97 Å². The van der Waals surface area contributed by atoms with Crippen LogP contribution in [0.3, 0.4) is 0 Å². The third kappa shape index (κ3) is 2.58. The lowest BCUT2D eigenvalue weighted by molar-refractivity contribution is -0.158. The molecule has 174 valence electrons. The molecule has 7 atom stereocenters. The molecular formula is C28H38O4. The highest BCUT2D eigenvalue weighted by atomic mass is 16.4. The van der Waals surface area contributed by atoms with E-state index in [-0.39, 0.29) is 45.1 Å². The van der Waals surface area contributed by atoms with Crippen LogP contribution in [0.1, 0.15) is 92.4 Å². The molecule has 0 saturated heterocycles. The van der Waals surface area contributed by atoms with Gasteiger partial charge in [-0.3, -0.25) is 14.4 Å². The van der Waals surface area contributed by atoms with E-state index in [2.05, 4.69) is 27.7 Å². The minimum absolute atomic E-state index is 0.0741. The first-order chi connectivity index (χ1) is 14.8. The molecule has 0 aromatic heterocycles. The van der Waals surface area contributed by atoms with Crippen LogP contribution in [0.15, 0.2) is 23.3 Å². The lowest BCUT2D eigenvalue weighted by Gasteiger charge is -2.67. The fourth-order valence-electron chi connectivity index (χ4n) is 8.82. The molecule has 5 aliphatic carbocycles. The van der Waals surface area contributed by atoms with Crippen molar-refractivity contribution in [2.24, 2.45) is 38.9 Å². The van der Waals surface area contributed by atoms with Crippen LogP contribution in [0, 0.1) is 38.9 Å². The minimum atomic E-state index is -0.720. The number of carbonyl (C=O) groups is 3. The Kier molecular flexibility index (Phi) is 4.45. The largest absolute Gasteiger partial charge is 0.481 e. The van der Waals surface area contributed by atoms with Gasteiger partial charge in [-0.15, -0.1) is 0 Å². The first-order valence-electron chi connectivity index (χ1n) is 12.5. The molecule has 0 aromatic rings. The van der Waals surface area contributed by atoms with Gasteiger partial charge in [0, 0.05) is 12.3 Å². The van der Waals surface area contributed by atoms with E-state index in [0.29, 0.717) is 19.3 Å². The van der Waals surface area contributed by atoms with E-state index >= 15 is 0 Å². The number of carbonyl (C=O) groups excluding carboxylic acids is 2. The molecule has 0 unspecified atom stereocenters. The summed E-state index contributed by atoms with van der Waals surface area (Å²) in [5.74, 6) is -0.235. The Morgan fingerprint density at radius 1 is 0.906 bits per heavy atom. The average Bonchev–Trinajstić information content (AvgIpc) is 2.71. The summed E-state index contributed by atoms with van der Waals surface area (Å²) in [5, 5.41) is 9.99. The summed E-state index contributed by atoms with van der Waals surface area (Å²) in [6.07, 6.45) is 11.3. The molecule has 1 N–H and O–H groups in total. The Balaban J connectivity index is 1.64. The smallest absolute Gasteiger partial charge is 0.309 e. The molecule has 3 saturated carbocycles. The standard InChI is InChI=1S/C28H38O4/c1-24-10-11-25(2,23(31)32)16-20(24)19-15-21(30)22-26(3)8-7-18(29)14-17(26)6-9-28(22,5)27(19,4)13-12-24/h14-15,20,22H,6-13,16H2,1-5H3,(H,31,32)/t20-,22-,24-,25+,26+,27-,28-/m1/s1. The molecule has 0 aliphatic heterocycles. The predicted molar refractivity (Wildman–Crippen MR) is 123 cm³/mol. The van der Waals surface area contributed by atoms with Gasteiger partial charge in [0.05, 0.1) is 5.41 Å². The average molecular weight is 439 g/mol. The van der Waals surface area contributed by atoms with E-state index in [1.807, 2.05) is 19.1 Å². The Labute approximate surface area is 191 Å². The molecule has 0 bridgehead atoms. The maximum Gasteiger partial charge on any atom is 0.309 e. The summed E-state index contributed by atoms with van der Waals surface area (Å²) in [7, 11) is 0. The van der Waals surface area contributed by atoms with Crippen molar-refractivity contribution in [1.82, 2.24) is 0 Å². The highest BCUT2D eigenvalue weighted by Gasteiger charge is 2.67. The van der Waals surface area contributed by atoms with Gasteiger partial charge in [-0.25, -0.2) is 0 Å². The van der Waals surface area contributed by atoms with Crippen LogP contribution in [0.25, 0.3) is 0 Å². The lowest BCUT2D eigenvalue weighted by atomic mass is 9.36. The van der Waals surface area contributed by atoms with E-state index in [4.69, 9.17) is 0 Å². The molecule has 5 rings (SSSR count). The maximum absolute atomic E-state index is 13.9. The number of ketones is 2. The topological polar surface area (TPSA) is 71.4 Å². The fourth-order valence-corrected chi connectivity index (χ4v) is 8.82. The summed E-state index contributed by atoms with van der Waals surface area (Å²) in [5.41, 5.74) is 1.26. The van der Waals surface area contributed by atoms with E-state index in [1.54, 1.807) is 0 Å². The molecule has 3 fully saturated rings. The third-order valence-corrected chi connectivity index (χ3v) is 11.5. The second kappa shape index (κ2) is 6.45. The van der Waals surface area contributed by atoms with E-state index < -0.39 is 11.4 Å². The minimum Gasteiger partial charge on any atom is -0.481 e. The second-order valence-corrected chi connectivity index (χ2v) is 13.0. The number of allylic oxidation sites excluding steroid dienone is 4. The van der Waals surface area contributed by atoms with E-state index in [1.165, 1.54) is 11.1 Å². The number of hydrogen-bond acceptors (Lipinski definition) is 3. The van der Waals surface area contributed by atoms with Gasteiger partial charge < -0.3 is 5.11 Å². The highest BCUT2D eigenvalue weighted by Crippen LogP contribution is 2.73. The fraction of sp³-hybridized carbons (Fsp3) is 0.750. The lowest BCUT2D eigenvalue weighted by Crippen LogP contribution is -2.62. The van der Waals surface area contributed by atoms with Crippen LogP contribution < -0.4 is 0 Å². The molecular weight excluding hydrogens is 400 g/mol. The van der Waals surface area contributed by atoms with Crippen LogP contribution in [0.5, 0.6) is 0 Å². The predicted octanol–water partition coefficient (Wildman–Crippen LogP) is 5.90.